The van der Waals surface area contributed by atoms with Crippen LogP contribution in [0.3, 0.4) is 0 Å². The van der Waals surface area contributed by atoms with Crippen molar-refractivity contribution in [1.29, 1.82) is 0 Å². The topological polar surface area (TPSA) is 41.6 Å². The number of alkyl halides is 1. The number of piperidine rings is 1. The van der Waals surface area contributed by atoms with Crippen molar-refractivity contribution in [2.75, 3.05) is 7.05 Å². The molecule has 2 bridgehead atoms. The number of fused-ring (bicyclic) bond motifs is 2. The second kappa shape index (κ2) is 4.68. The minimum absolute atomic E-state index is 0.120. The van der Waals surface area contributed by atoms with Crippen LogP contribution in [-0.2, 0) is 4.74 Å². The Labute approximate surface area is 108 Å². The Morgan fingerprint density at radius 2 is 2.06 bits per heavy atom. The van der Waals surface area contributed by atoms with Gasteiger partial charge in [0.1, 0.15) is 11.8 Å². The highest BCUT2D eigenvalue weighted by atomic mass is 19.1. The Balaban J connectivity index is 2.09. The summed E-state index contributed by atoms with van der Waals surface area (Å²) in [5.74, 6) is 0. The molecular weight excluding hydrogens is 235 g/mol. The molecule has 0 saturated carbocycles. The van der Waals surface area contributed by atoms with E-state index in [-0.39, 0.29) is 24.2 Å². The molecule has 2 aliphatic rings. The first-order valence-corrected chi connectivity index (χ1v) is 6.66. The largest absolute Gasteiger partial charge is 0.444 e. The standard InChI is InChI=1S/C13H23FN2O2/c1-13(2,3)18-12(17)16-8-5-6-10(16)11(14)9(7-8)15-4/h8-11,15H,5-7H2,1-4H3/t8-,9-,10+,11-/m0/s1. The van der Waals surface area contributed by atoms with Gasteiger partial charge in [0.2, 0.25) is 0 Å². The zero-order valence-electron chi connectivity index (χ0n) is 11.6. The smallest absolute Gasteiger partial charge is 0.410 e. The quantitative estimate of drug-likeness (QED) is 0.783. The molecule has 4 nitrogen and oxygen atoms in total. The molecule has 2 fully saturated rings. The SMILES string of the molecule is CN[C@H]1C[C@@H]2CC[C@H]([C@H]1F)N2C(=O)OC(C)(C)C. The second-order valence-corrected chi connectivity index (χ2v) is 6.26. The summed E-state index contributed by atoms with van der Waals surface area (Å²) in [6.45, 7) is 5.50. The van der Waals surface area contributed by atoms with E-state index in [9.17, 15) is 9.18 Å². The van der Waals surface area contributed by atoms with Crippen LogP contribution in [0.1, 0.15) is 40.0 Å². The van der Waals surface area contributed by atoms with Gasteiger partial charge in [-0.25, -0.2) is 9.18 Å². The number of rotatable bonds is 1. The predicted octanol–water partition coefficient (Wildman–Crippen LogP) is 2.08. The van der Waals surface area contributed by atoms with Crippen LogP contribution in [0.2, 0.25) is 0 Å². The van der Waals surface area contributed by atoms with Gasteiger partial charge in [0.15, 0.2) is 0 Å². The minimum Gasteiger partial charge on any atom is -0.444 e. The first-order chi connectivity index (χ1) is 8.33. The summed E-state index contributed by atoms with van der Waals surface area (Å²) in [5.41, 5.74) is -0.526. The number of hydrogen-bond acceptors (Lipinski definition) is 3. The highest BCUT2D eigenvalue weighted by molar-refractivity contribution is 5.70. The van der Waals surface area contributed by atoms with Crippen molar-refractivity contribution in [2.24, 2.45) is 0 Å². The number of nitrogens with one attached hydrogen (secondary N) is 1. The van der Waals surface area contributed by atoms with Crippen LogP contribution in [-0.4, -0.2) is 47.9 Å². The van der Waals surface area contributed by atoms with Gasteiger partial charge in [-0.3, -0.25) is 4.90 Å². The molecule has 5 heteroatoms. The first-order valence-electron chi connectivity index (χ1n) is 6.66. The molecule has 0 aromatic rings. The van der Waals surface area contributed by atoms with Crippen molar-refractivity contribution in [3.8, 4) is 0 Å². The molecule has 1 amide bonds. The number of ether oxygens (including phenoxy) is 1. The Morgan fingerprint density at radius 3 is 2.61 bits per heavy atom. The van der Waals surface area contributed by atoms with E-state index in [1.807, 2.05) is 20.8 Å². The minimum atomic E-state index is -0.999. The third-order valence-corrected chi connectivity index (χ3v) is 3.80. The maximum atomic E-state index is 14.3. The molecule has 0 aromatic carbocycles. The summed E-state index contributed by atoms with van der Waals surface area (Å²) in [6, 6.07) is -0.341. The van der Waals surface area contributed by atoms with Crippen molar-refractivity contribution in [3.63, 3.8) is 0 Å². The van der Waals surface area contributed by atoms with Crippen molar-refractivity contribution < 1.29 is 13.9 Å². The summed E-state index contributed by atoms with van der Waals surface area (Å²) in [6.07, 6.45) is 0.924. The molecule has 18 heavy (non-hydrogen) atoms. The number of hydrogen-bond donors (Lipinski definition) is 1. The lowest BCUT2D eigenvalue weighted by atomic mass is 9.96. The molecule has 0 aliphatic carbocycles. The Kier molecular flexibility index (Phi) is 3.54. The van der Waals surface area contributed by atoms with E-state index in [4.69, 9.17) is 4.74 Å². The molecule has 0 radical (unpaired) electrons. The van der Waals surface area contributed by atoms with Gasteiger partial charge in [0.25, 0.3) is 0 Å². The monoisotopic (exact) mass is 258 g/mol. The molecule has 104 valence electrons. The van der Waals surface area contributed by atoms with Crippen molar-refractivity contribution in [2.45, 2.75) is 69.9 Å². The third-order valence-electron chi connectivity index (χ3n) is 3.80. The van der Waals surface area contributed by atoms with Gasteiger partial charge in [-0.05, 0) is 47.1 Å². The van der Waals surface area contributed by atoms with Crippen LogP contribution < -0.4 is 5.32 Å². The van der Waals surface area contributed by atoms with E-state index >= 15 is 0 Å². The van der Waals surface area contributed by atoms with Gasteiger partial charge in [-0.1, -0.05) is 0 Å². The normalized spacial score (nSPS) is 35.7. The van der Waals surface area contributed by atoms with Gasteiger partial charge in [-0.15, -0.1) is 0 Å². The van der Waals surface area contributed by atoms with E-state index in [1.54, 1.807) is 11.9 Å². The molecule has 0 unspecified atom stereocenters. The number of carbonyl (C=O) groups is 1. The van der Waals surface area contributed by atoms with Crippen LogP contribution in [0.25, 0.3) is 0 Å². The lowest BCUT2D eigenvalue weighted by Crippen LogP contribution is -2.58. The van der Waals surface area contributed by atoms with Gasteiger partial charge in [0, 0.05) is 12.1 Å². The van der Waals surface area contributed by atoms with Crippen LogP contribution in [0.5, 0.6) is 0 Å². The molecule has 2 saturated heterocycles. The Bertz CT molecular complexity index is 329. The first kappa shape index (κ1) is 13.6. The summed E-state index contributed by atoms with van der Waals surface area (Å²) < 4.78 is 19.6. The molecule has 4 atom stereocenters. The zero-order valence-corrected chi connectivity index (χ0v) is 11.6. The molecule has 2 heterocycles. The molecule has 1 N–H and O–H groups in total. The van der Waals surface area contributed by atoms with Crippen molar-refractivity contribution in [1.82, 2.24) is 10.2 Å². The van der Waals surface area contributed by atoms with Crippen molar-refractivity contribution in [3.05, 3.63) is 0 Å². The zero-order chi connectivity index (χ0) is 13.5. The second-order valence-electron chi connectivity index (χ2n) is 6.26. The van der Waals surface area contributed by atoms with Crippen LogP contribution in [0, 0.1) is 0 Å². The predicted molar refractivity (Wildman–Crippen MR) is 67.2 cm³/mol. The van der Waals surface area contributed by atoms with Gasteiger partial charge in [0.05, 0.1) is 6.04 Å². The van der Waals surface area contributed by atoms with Crippen LogP contribution >= 0.6 is 0 Å². The fourth-order valence-corrected chi connectivity index (χ4v) is 3.02. The maximum Gasteiger partial charge on any atom is 0.410 e. The lowest BCUT2D eigenvalue weighted by molar-refractivity contribution is -0.0126. The third kappa shape index (κ3) is 2.46. The highest BCUT2D eigenvalue weighted by Crippen LogP contribution is 2.38. The molecule has 0 aromatic heterocycles. The van der Waals surface area contributed by atoms with Crippen molar-refractivity contribution >= 4 is 6.09 Å². The fraction of sp³-hybridized carbons (Fsp3) is 0.923. The summed E-state index contributed by atoms with van der Waals surface area (Å²) >= 11 is 0. The molecule has 2 rings (SSSR count). The maximum absolute atomic E-state index is 14.3. The van der Waals surface area contributed by atoms with E-state index in [1.165, 1.54) is 0 Å². The van der Waals surface area contributed by atoms with Gasteiger partial charge in [-0.2, -0.15) is 0 Å². The van der Waals surface area contributed by atoms with E-state index in [0.717, 1.165) is 12.8 Å². The molecule has 0 spiro atoms. The lowest BCUT2D eigenvalue weighted by Gasteiger charge is -2.41. The Morgan fingerprint density at radius 1 is 1.39 bits per heavy atom. The Hall–Kier alpha value is -0.840. The van der Waals surface area contributed by atoms with E-state index < -0.39 is 11.8 Å². The van der Waals surface area contributed by atoms with Crippen LogP contribution in [0.15, 0.2) is 0 Å². The van der Waals surface area contributed by atoms with E-state index in [0.29, 0.717) is 6.42 Å². The highest BCUT2D eigenvalue weighted by Gasteiger charge is 2.50. The molecular formula is C13H23FN2O2. The average molecular weight is 258 g/mol. The molecule has 2 aliphatic heterocycles. The fourth-order valence-electron chi connectivity index (χ4n) is 3.02. The van der Waals surface area contributed by atoms with E-state index in [2.05, 4.69) is 5.32 Å². The number of carbonyl (C=O) groups excluding carboxylic acids is 1. The van der Waals surface area contributed by atoms with Gasteiger partial charge < -0.3 is 10.1 Å². The van der Waals surface area contributed by atoms with Crippen LogP contribution in [0.4, 0.5) is 9.18 Å². The number of amides is 1. The summed E-state index contributed by atoms with van der Waals surface area (Å²) in [7, 11) is 1.78. The van der Waals surface area contributed by atoms with Gasteiger partial charge >= 0.3 is 6.09 Å². The number of halogens is 1. The summed E-state index contributed by atoms with van der Waals surface area (Å²) in [4.78, 5) is 13.8. The average Bonchev–Trinajstić information content (AvgIpc) is 2.59. The number of nitrogens with zero attached hydrogens (tertiary/aromatic N) is 1. The summed E-state index contributed by atoms with van der Waals surface area (Å²) in [5, 5.41) is 3.01.